The average molecular weight is 271 g/mol. The molecule has 0 fully saturated rings. The quantitative estimate of drug-likeness (QED) is 0.868. The highest BCUT2D eigenvalue weighted by molar-refractivity contribution is 7.71. The second-order valence-corrected chi connectivity index (χ2v) is 3.86. The van der Waals surface area contributed by atoms with Crippen LogP contribution in [0.1, 0.15) is 6.92 Å². The summed E-state index contributed by atoms with van der Waals surface area (Å²) in [6, 6.07) is 6.48. The molecule has 2 rings (SSSR count). The number of alkyl halides is 2. The Labute approximate surface area is 107 Å². The fourth-order valence-corrected chi connectivity index (χ4v) is 1.93. The Morgan fingerprint density at radius 1 is 1.44 bits per heavy atom. The highest BCUT2D eigenvalue weighted by atomic mass is 32.1. The molecule has 0 spiro atoms. The van der Waals surface area contributed by atoms with Crippen LogP contribution in [0.2, 0.25) is 0 Å². The van der Waals surface area contributed by atoms with Crippen LogP contribution < -0.4 is 4.74 Å². The van der Waals surface area contributed by atoms with Gasteiger partial charge in [0.2, 0.25) is 0 Å². The lowest BCUT2D eigenvalue weighted by Gasteiger charge is -2.10. The molecular weight excluding hydrogens is 260 g/mol. The summed E-state index contributed by atoms with van der Waals surface area (Å²) in [5.74, 6) is 0.565. The number of aromatic nitrogens is 3. The fourth-order valence-electron chi connectivity index (χ4n) is 1.67. The summed E-state index contributed by atoms with van der Waals surface area (Å²) in [6.07, 6.45) is 0. The summed E-state index contributed by atoms with van der Waals surface area (Å²) < 4.78 is 31.3. The Hall–Kier alpha value is -1.76. The summed E-state index contributed by atoms with van der Waals surface area (Å²) in [5.41, 5.74) is 0.479. The summed E-state index contributed by atoms with van der Waals surface area (Å²) in [6.45, 7) is -0.387. The topological polar surface area (TPSA) is 42.8 Å². The number of ether oxygens (including phenoxy) is 1. The van der Waals surface area contributed by atoms with Crippen molar-refractivity contribution in [3.63, 3.8) is 0 Å². The van der Waals surface area contributed by atoms with Crippen LogP contribution >= 0.6 is 12.2 Å². The lowest BCUT2D eigenvalue weighted by Crippen LogP contribution is -2.05. The van der Waals surface area contributed by atoms with E-state index < -0.39 is 6.61 Å². The van der Waals surface area contributed by atoms with E-state index in [9.17, 15) is 8.78 Å². The summed E-state index contributed by atoms with van der Waals surface area (Å²) in [7, 11) is 0. The van der Waals surface area contributed by atoms with Crippen molar-refractivity contribution < 1.29 is 13.5 Å². The van der Waals surface area contributed by atoms with Gasteiger partial charge in [0.25, 0.3) is 0 Å². The van der Waals surface area contributed by atoms with Gasteiger partial charge >= 0.3 is 6.61 Å². The van der Waals surface area contributed by atoms with Gasteiger partial charge in [0, 0.05) is 6.54 Å². The van der Waals surface area contributed by atoms with Crippen molar-refractivity contribution >= 4 is 12.2 Å². The van der Waals surface area contributed by atoms with Gasteiger partial charge in [-0.2, -0.15) is 13.9 Å². The van der Waals surface area contributed by atoms with Gasteiger partial charge in [-0.1, -0.05) is 12.1 Å². The third-order valence-electron chi connectivity index (χ3n) is 2.42. The van der Waals surface area contributed by atoms with E-state index in [1.807, 2.05) is 6.92 Å². The van der Waals surface area contributed by atoms with Crippen molar-refractivity contribution in [1.82, 2.24) is 14.8 Å². The molecule has 0 saturated heterocycles. The molecule has 0 atom stereocenters. The van der Waals surface area contributed by atoms with Gasteiger partial charge < -0.3 is 9.30 Å². The molecule has 1 aromatic heterocycles. The number of benzene rings is 1. The predicted octanol–water partition coefficient (Wildman–Crippen LogP) is 3.23. The molecule has 0 bridgehead atoms. The summed E-state index contributed by atoms with van der Waals surface area (Å²) in [4.78, 5) is 0. The number of nitrogens with one attached hydrogen (secondary N) is 1. The first-order chi connectivity index (χ1) is 8.63. The first kappa shape index (κ1) is 12.7. The molecule has 1 N–H and O–H groups in total. The van der Waals surface area contributed by atoms with Crippen molar-refractivity contribution in [3.8, 4) is 17.1 Å². The lowest BCUT2D eigenvalue weighted by molar-refractivity contribution is -0.0494. The van der Waals surface area contributed by atoms with Crippen LogP contribution in [0.4, 0.5) is 8.78 Å². The molecule has 7 heteroatoms. The second kappa shape index (κ2) is 5.26. The van der Waals surface area contributed by atoms with Crippen LogP contribution in [0.25, 0.3) is 11.4 Å². The highest BCUT2D eigenvalue weighted by Gasteiger charge is 2.15. The number of rotatable bonds is 4. The van der Waals surface area contributed by atoms with Crippen molar-refractivity contribution in [2.75, 3.05) is 0 Å². The molecule has 1 heterocycles. The zero-order valence-electron chi connectivity index (χ0n) is 9.56. The van der Waals surface area contributed by atoms with E-state index in [4.69, 9.17) is 12.2 Å². The SMILES string of the molecule is CCn1c(-c2ccccc2OC(F)F)n[nH]c1=S. The molecular formula is C11H11F2N3OS. The molecule has 18 heavy (non-hydrogen) atoms. The molecule has 0 amide bonds. The predicted molar refractivity (Wildman–Crippen MR) is 65.2 cm³/mol. The highest BCUT2D eigenvalue weighted by Crippen LogP contribution is 2.29. The van der Waals surface area contributed by atoms with E-state index in [2.05, 4.69) is 14.9 Å². The van der Waals surface area contributed by atoms with Crippen molar-refractivity contribution in [2.24, 2.45) is 0 Å². The minimum atomic E-state index is -2.87. The van der Waals surface area contributed by atoms with Crippen LogP contribution in [-0.4, -0.2) is 21.4 Å². The van der Waals surface area contributed by atoms with Crippen LogP contribution in [0.5, 0.6) is 5.75 Å². The summed E-state index contributed by atoms with van der Waals surface area (Å²) >= 11 is 5.06. The number of nitrogens with zero attached hydrogens (tertiary/aromatic N) is 2. The number of hydrogen-bond acceptors (Lipinski definition) is 3. The molecule has 0 radical (unpaired) electrons. The van der Waals surface area contributed by atoms with Crippen LogP contribution in [0.3, 0.4) is 0 Å². The van der Waals surface area contributed by atoms with E-state index >= 15 is 0 Å². The Bertz CT molecular complexity index is 594. The van der Waals surface area contributed by atoms with Gasteiger partial charge in [0.05, 0.1) is 5.56 Å². The summed E-state index contributed by atoms with van der Waals surface area (Å²) in [5, 5.41) is 6.69. The van der Waals surface area contributed by atoms with Gasteiger partial charge in [-0.25, -0.2) is 0 Å². The minimum absolute atomic E-state index is 0.0798. The van der Waals surface area contributed by atoms with E-state index in [1.165, 1.54) is 6.07 Å². The number of aromatic amines is 1. The zero-order chi connectivity index (χ0) is 13.1. The second-order valence-electron chi connectivity index (χ2n) is 3.47. The molecule has 96 valence electrons. The number of H-pyrrole nitrogens is 1. The van der Waals surface area contributed by atoms with Crippen LogP contribution in [-0.2, 0) is 6.54 Å². The third-order valence-corrected chi connectivity index (χ3v) is 2.73. The number of halogens is 2. The van der Waals surface area contributed by atoms with Crippen LogP contribution in [0.15, 0.2) is 24.3 Å². The molecule has 0 aliphatic heterocycles. The maximum atomic E-state index is 12.3. The van der Waals surface area contributed by atoms with Crippen LogP contribution in [0, 0.1) is 4.77 Å². The normalized spacial score (nSPS) is 10.9. The number of hydrogen-bond donors (Lipinski definition) is 1. The van der Waals surface area contributed by atoms with Crippen molar-refractivity contribution in [1.29, 1.82) is 0 Å². The standard InChI is InChI=1S/C11H11F2N3OS/c1-2-16-9(14-15-11(16)18)7-5-3-4-6-8(7)17-10(12)13/h3-6,10H,2H2,1H3,(H,15,18). The van der Waals surface area contributed by atoms with Gasteiger partial charge in [-0.3, -0.25) is 5.10 Å². The lowest BCUT2D eigenvalue weighted by atomic mass is 10.2. The zero-order valence-corrected chi connectivity index (χ0v) is 10.4. The van der Waals surface area contributed by atoms with Gasteiger partial charge in [0.15, 0.2) is 10.6 Å². The monoisotopic (exact) mass is 271 g/mol. The van der Waals surface area contributed by atoms with E-state index in [0.717, 1.165) is 0 Å². The van der Waals surface area contributed by atoms with Gasteiger partial charge in [-0.05, 0) is 31.3 Å². The number of para-hydroxylation sites is 1. The average Bonchev–Trinajstić information content (AvgIpc) is 2.70. The Morgan fingerprint density at radius 3 is 2.83 bits per heavy atom. The van der Waals surface area contributed by atoms with Gasteiger partial charge in [0.1, 0.15) is 5.75 Å². The first-order valence-electron chi connectivity index (χ1n) is 5.33. The van der Waals surface area contributed by atoms with E-state index in [0.29, 0.717) is 22.7 Å². The molecule has 4 nitrogen and oxygen atoms in total. The molecule has 0 aliphatic carbocycles. The smallest absolute Gasteiger partial charge is 0.387 e. The Kier molecular flexibility index (Phi) is 3.71. The molecule has 0 saturated carbocycles. The van der Waals surface area contributed by atoms with E-state index in [1.54, 1.807) is 22.8 Å². The molecule has 0 unspecified atom stereocenters. The maximum Gasteiger partial charge on any atom is 0.387 e. The molecule has 2 aromatic rings. The van der Waals surface area contributed by atoms with Gasteiger partial charge in [-0.15, -0.1) is 0 Å². The minimum Gasteiger partial charge on any atom is -0.434 e. The molecule has 0 aliphatic rings. The first-order valence-corrected chi connectivity index (χ1v) is 5.73. The Morgan fingerprint density at radius 2 is 2.17 bits per heavy atom. The molecule has 1 aromatic carbocycles. The Balaban J connectivity index is 2.53. The third kappa shape index (κ3) is 2.40. The van der Waals surface area contributed by atoms with E-state index in [-0.39, 0.29) is 5.75 Å². The fraction of sp³-hybridized carbons (Fsp3) is 0.273. The maximum absolute atomic E-state index is 12.3. The van der Waals surface area contributed by atoms with Crippen molar-refractivity contribution in [3.05, 3.63) is 29.0 Å². The largest absolute Gasteiger partial charge is 0.434 e. The van der Waals surface area contributed by atoms with Crippen molar-refractivity contribution in [2.45, 2.75) is 20.1 Å².